The van der Waals surface area contributed by atoms with Gasteiger partial charge >= 0.3 is 11.9 Å². The molecule has 13 nitrogen and oxygen atoms in total. The van der Waals surface area contributed by atoms with Crippen LogP contribution in [0.4, 0.5) is 0 Å². The summed E-state index contributed by atoms with van der Waals surface area (Å²) in [4.78, 5) is 30.6. The van der Waals surface area contributed by atoms with Gasteiger partial charge in [0.25, 0.3) is 0 Å². The van der Waals surface area contributed by atoms with Crippen molar-refractivity contribution in [3.8, 4) is 34.1 Å². The highest BCUT2D eigenvalue weighted by atomic mass is 35.5. The van der Waals surface area contributed by atoms with Crippen molar-refractivity contribution in [2.75, 3.05) is 6.54 Å². The lowest BCUT2D eigenvalue weighted by Gasteiger charge is -2.19. The standard InChI is InChI=1S/C47H49Cl2N3O10S2/c1-28-31(24-59-42-20-40(61-26-44-51-12-14-63-44)30(16-38(42)48)6-3-9-34(53)18-46(55)56)7-4-10-36(28)37-11-5-8-32(29(37)2)25-60-43-21-41(62-27-45-52-13-15-64-45)33(17-39(43)49)22-50-23-35(54)19-47(57)58/h4-5,7-8,10-17,20-21,34-35,50,53-54H,3,6,9,18-19,22-27H2,1-2H3,(H,55,56)(H,57,58)/t34-,35+/m1/s1. The molecule has 4 aromatic carbocycles. The smallest absolute Gasteiger partial charge is 0.306 e. The normalized spacial score (nSPS) is 12.2. The first kappa shape index (κ1) is 48.2. The molecule has 6 rings (SSSR count). The van der Waals surface area contributed by atoms with Gasteiger partial charge in [0.2, 0.25) is 0 Å². The van der Waals surface area contributed by atoms with E-state index >= 15 is 0 Å². The number of aryl methyl sites for hydroxylation is 1. The van der Waals surface area contributed by atoms with Gasteiger partial charge in [-0.1, -0.05) is 59.6 Å². The predicted molar refractivity (Wildman–Crippen MR) is 247 cm³/mol. The van der Waals surface area contributed by atoms with E-state index in [9.17, 15) is 19.8 Å². The highest BCUT2D eigenvalue weighted by Crippen LogP contribution is 2.38. The van der Waals surface area contributed by atoms with E-state index < -0.39 is 24.1 Å². The van der Waals surface area contributed by atoms with Gasteiger partial charge in [0.15, 0.2) is 0 Å². The van der Waals surface area contributed by atoms with E-state index in [-0.39, 0.29) is 52.4 Å². The van der Waals surface area contributed by atoms with Crippen molar-refractivity contribution in [3.63, 3.8) is 0 Å². The molecule has 0 aliphatic rings. The number of halogens is 2. The van der Waals surface area contributed by atoms with Crippen molar-refractivity contribution in [1.29, 1.82) is 0 Å². The molecule has 17 heteroatoms. The number of rotatable bonds is 25. The molecule has 0 saturated heterocycles. The molecule has 2 heterocycles. The maximum absolute atomic E-state index is 11.0. The molecule has 0 aliphatic heterocycles. The maximum Gasteiger partial charge on any atom is 0.306 e. The minimum absolute atomic E-state index is 0.0703. The van der Waals surface area contributed by atoms with Gasteiger partial charge in [-0.05, 0) is 84.2 Å². The van der Waals surface area contributed by atoms with Crippen LogP contribution in [0.25, 0.3) is 11.1 Å². The molecule has 0 amide bonds. The number of hydrogen-bond donors (Lipinski definition) is 5. The van der Waals surface area contributed by atoms with Crippen molar-refractivity contribution in [3.05, 3.63) is 137 Å². The highest BCUT2D eigenvalue weighted by Gasteiger charge is 2.18. The molecule has 0 unspecified atom stereocenters. The molecule has 6 aromatic rings. The Morgan fingerprint density at radius 2 is 1.14 bits per heavy atom. The highest BCUT2D eigenvalue weighted by molar-refractivity contribution is 7.09. The number of benzene rings is 4. The summed E-state index contributed by atoms with van der Waals surface area (Å²) < 4.78 is 25.1. The number of aliphatic carboxylic acids is 2. The van der Waals surface area contributed by atoms with Crippen LogP contribution in [0.15, 0.2) is 83.8 Å². The largest absolute Gasteiger partial charge is 0.487 e. The zero-order chi connectivity index (χ0) is 45.6. The van der Waals surface area contributed by atoms with E-state index in [1.807, 2.05) is 35.0 Å². The molecule has 5 N–H and O–H groups in total. The minimum atomic E-state index is -1.08. The lowest BCUT2D eigenvalue weighted by Crippen LogP contribution is -2.28. The van der Waals surface area contributed by atoms with Crippen LogP contribution in [-0.4, -0.2) is 61.1 Å². The first-order valence-electron chi connectivity index (χ1n) is 20.4. The number of aliphatic hydroxyl groups excluding tert-OH is 2. The van der Waals surface area contributed by atoms with Crippen molar-refractivity contribution < 1.29 is 49.0 Å². The van der Waals surface area contributed by atoms with Crippen LogP contribution in [0.2, 0.25) is 10.0 Å². The fourth-order valence-corrected chi connectivity index (χ4v) is 8.49. The zero-order valence-corrected chi connectivity index (χ0v) is 38.4. The summed E-state index contributed by atoms with van der Waals surface area (Å²) in [5, 5.41) is 47.3. The van der Waals surface area contributed by atoms with E-state index in [4.69, 9.17) is 52.4 Å². The number of carbonyl (C=O) groups is 2. The van der Waals surface area contributed by atoms with Crippen molar-refractivity contribution in [1.82, 2.24) is 15.3 Å². The molecule has 0 fully saturated rings. The van der Waals surface area contributed by atoms with E-state index in [1.54, 1.807) is 36.7 Å². The average molecular weight is 951 g/mol. The molecular weight excluding hydrogens is 902 g/mol. The van der Waals surface area contributed by atoms with Gasteiger partial charge in [-0.15, -0.1) is 22.7 Å². The van der Waals surface area contributed by atoms with Crippen LogP contribution in [0.3, 0.4) is 0 Å². The average Bonchev–Trinajstić information content (AvgIpc) is 3.98. The van der Waals surface area contributed by atoms with Crippen molar-refractivity contribution in [2.24, 2.45) is 0 Å². The van der Waals surface area contributed by atoms with Crippen LogP contribution in [0.5, 0.6) is 23.0 Å². The third-order valence-corrected chi connectivity index (χ3v) is 12.4. The fraction of sp³-hybridized carbons (Fsp3) is 0.319. The Bertz CT molecular complexity index is 2320. The Kier molecular flexibility index (Phi) is 17.8. The Hall–Kier alpha value is -5.26. The van der Waals surface area contributed by atoms with E-state index in [0.29, 0.717) is 57.9 Å². The molecular formula is C47H49Cl2N3O10S2. The number of aliphatic hydroxyl groups is 2. The molecule has 0 radical (unpaired) electrons. The summed E-state index contributed by atoms with van der Waals surface area (Å²) in [6.45, 7) is 5.37. The number of hydrogen-bond acceptors (Lipinski definition) is 13. The molecule has 2 aromatic heterocycles. The zero-order valence-electron chi connectivity index (χ0n) is 35.2. The van der Waals surface area contributed by atoms with E-state index in [2.05, 4.69) is 41.3 Å². The molecule has 338 valence electrons. The third kappa shape index (κ3) is 13.9. The Morgan fingerprint density at radius 3 is 1.64 bits per heavy atom. The molecule has 0 spiro atoms. The molecule has 64 heavy (non-hydrogen) atoms. The lowest BCUT2D eigenvalue weighted by molar-refractivity contribution is -0.140. The van der Waals surface area contributed by atoms with Gasteiger partial charge < -0.3 is 44.7 Å². The number of nitrogens with one attached hydrogen (secondary N) is 1. The van der Waals surface area contributed by atoms with Crippen LogP contribution >= 0.6 is 45.9 Å². The second kappa shape index (κ2) is 23.6. The fourth-order valence-electron chi connectivity index (χ4n) is 6.96. The molecule has 0 bridgehead atoms. The van der Waals surface area contributed by atoms with Crippen LogP contribution in [0, 0.1) is 13.8 Å². The van der Waals surface area contributed by atoms with Crippen molar-refractivity contribution in [2.45, 2.75) is 91.1 Å². The SMILES string of the molecule is Cc1c(COc2cc(OCc3nccs3)c(CCC[C@@H](O)CC(=O)O)cc2Cl)cccc1-c1cccc(COc2cc(OCc3nccs3)c(CNC[C@@H](O)CC(=O)O)cc2Cl)c1C. The Labute approximate surface area is 389 Å². The Balaban J connectivity index is 1.15. The van der Waals surface area contributed by atoms with Gasteiger partial charge in [0.05, 0.1) is 35.1 Å². The second-order valence-corrected chi connectivity index (χ2v) is 17.8. The van der Waals surface area contributed by atoms with E-state index in [1.165, 1.54) is 22.7 Å². The topological polar surface area (TPSA) is 190 Å². The summed E-state index contributed by atoms with van der Waals surface area (Å²) in [5.74, 6) is -0.181. The summed E-state index contributed by atoms with van der Waals surface area (Å²) in [6, 6.07) is 19.2. The number of ether oxygens (including phenoxy) is 4. The first-order valence-corrected chi connectivity index (χ1v) is 23.0. The van der Waals surface area contributed by atoms with E-state index in [0.717, 1.165) is 49.0 Å². The number of aromatic nitrogens is 2. The summed E-state index contributed by atoms with van der Waals surface area (Å²) in [5.41, 5.74) is 7.54. The summed E-state index contributed by atoms with van der Waals surface area (Å²) in [6.07, 6.45) is 2.11. The van der Waals surface area contributed by atoms with Gasteiger partial charge in [0, 0.05) is 53.9 Å². The van der Waals surface area contributed by atoms with Crippen LogP contribution in [-0.2, 0) is 49.0 Å². The molecule has 0 aliphatic carbocycles. The number of nitrogens with zero attached hydrogens (tertiary/aromatic N) is 2. The molecule has 2 atom stereocenters. The summed E-state index contributed by atoms with van der Waals surface area (Å²) in [7, 11) is 0. The van der Waals surface area contributed by atoms with Gasteiger partial charge in [0.1, 0.15) is 59.4 Å². The van der Waals surface area contributed by atoms with Crippen molar-refractivity contribution >= 4 is 57.8 Å². The monoisotopic (exact) mass is 949 g/mol. The van der Waals surface area contributed by atoms with Crippen LogP contribution < -0.4 is 24.3 Å². The van der Waals surface area contributed by atoms with Gasteiger partial charge in [-0.2, -0.15) is 0 Å². The minimum Gasteiger partial charge on any atom is -0.487 e. The van der Waals surface area contributed by atoms with Crippen LogP contribution in [0.1, 0.15) is 69.1 Å². The lowest BCUT2D eigenvalue weighted by atomic mass is 9.92. The predicted octanol–water partition coefficient (Wildman–Crippen LogP) is 9.59. The van der Waals surface area contributed by atoms with Gasteiger partial charge in [-0.25, -0.2) is 9.97 Å². The second-order valence-electron chi connectivity index (χ2n) is 15.0. The number of thiazole rings is 2. The third-order valence-electron chi connectivity index (χ3n) is 10.3. The summed E-state index contributed by atoms with van der Waals surface area (Å²) >= 11 is 16.5. The quantitative estimate of drug-likeness (QED) is 0.0365. The Morgan fingerprint density at radius 1 is 0.656 bits per heavy atom. The maximum atomic E-state index is 11.0. The first-order chi connectivity index (χ1) is 30.8. The number of carboxylic acid groups (broad SMARTS) is 2. The molecule has 0 saturated carbocycles. The van der Waals surface area contributed by atoms with Gasteiger partial charge in [-0.3, -0.25) is 9.59 Å². The number of carboxylic acids is 2.